The van der Waals surface area contributed by atoms with Crippen molar-refractivity contribution in [2.24, 2.45) is 0 Å². The van der Waals surface area contributed by atoms with Gasteiger partial charge in [0.1, 0.15) is 11.5 Å². The lowest BCUT2D eigenvalue weighted by Gasteiger charge is -2.17. The van der Waals surface area contributed by atoms with Crippen LogP contribution in [0.15, 0.2) is 42.5 Å². The maximum Gasteiger partial charge on any atom is 0.279 e. The Morgan fingerprint density at radius 3 is 2.46 bits per heavy atom. The number of hydrogen-bond acceptors (Lipinski definition) is 4. The number of carbonyl (C=O) groups is 2. The number of nitrogens with one attached hydrogen (secondary N) is 2. The van der Waals surface area contributed by atoms with E-state index in [9.17, 15) is 9.59 Å². The third kappa shape index (κ3) is 5.39. The van der Waals surface area contributed by atoms with Crippen LogP contribution in [-0.4, -0.2) is 24.5 Å². The summed E-state index contributed by atoms with van der Waals surface area (Å²) in [4.78, 5) is 23.8. The number of rotatable bonds is 6. The van der Waals surface area contributed by atoms with Crippen molar-refractivity contribution in [3.63, 3.8) is 0 Å². The van der Waals surface area contributed by atoms with E-state index in [4.69, 9.17) is 21.1 Å². The van der Waals surface area contributed by atoms with Crippen molar-refractivity contribution in [2.45, 2.75) is 26.9 Å². The van der Waals surface area contributed by atoms with E-state index in [0.717, 1.165) is 11.1 Å². The Balaban J connectivity index is 1.79. The molecule has 2 rings (SSSR count). The lowest BCUT2D eigenvalue weighted by atomic mass is 10.1. The van der Waals surface area contributed by atoms with Crippen LogP contribution < -0.4 is 20.3 Å². The van der Waals surface area contributed by atoms with Gasteiger partial charge in [-0.3, -0.25) is 20.4 Å². The lowest BCUT2D eigenvalue weighted by Crippen LogP contribution is -2.48. The molecule has 26 heavy (non-hydrogen) atoms. The predicted molar refractivity (Wildman–Crippen MR) is 99.2 cm³/mol. The van der Waals surface area contributed by atoms with Gasteiger partial charge in [0.25, 0.3) is 11.8 Å². The molecule has 2 N–H and O–H groups in total. The molecule has 0 radical (unpaired) electrons. The molecule has 0 aliphatic carbocycles. The molecule has 2 amide bonds. The molecular formula is C19H21ClN2O4. The van der Waals surface area contributed by atoms with Gasteiger partial charge in [-0.15, -0.1) is 0 Å². The maximum atomic E-state index is 12.1. The number of hydrazine groups is 1. The van der Waals surface area contributed by atoms with Crippen molar-refractivity contribution in [3.8, 4) is 11.5 Å². The number of amides is 2. The van der Waals surface area contributed by atoms with Crippen LogP contribution in [0.25, 0.3) is 0 Å². The molecule has 1 atom stereocenters. The first-order valence-electron chi connectivity index (χ1n) is 8.07. The van der Waals surface area contributed by atoms with E-state index in [1.165, 1.54) is 0 Å². The SMILES string of the molecule is Cc1cccc(OC(C)C(=O)NNC(=O)COc2ccccc2Cl)c1C. The summed E-state index contributed by atoms with van der Waals surface area (Å²) in [5.41, 5.74) is 6.62. The molecule has 6 nitrogen and oxygen atoms in total. The maximum absolute atomic E-state index is 12.1. The first kappa shape index (κ1) is 19.6. The van der Waals surface area contributed by atoms with E-state index in [0.29, 0.717) is 16.5 Å². The zero-order valence-electron chi connectivity index (χ0n) is 14.8. The van der Waals surface area contributed by atoms with Gasteiger partial charge >= 0.3 is 0 Å². The Hall–Kier alpha value is -2.73. The van der Waals surface area contributed by atoms with E-state index < -0.39 is 17.9 Å². The highest BCUT2D eigenvalue weighted by Gasteiger charge is 2.17. The highest BCUT2D eigenvalue weighted by Crippen LogP contribution is 2.23. The fourth-order valence-corrected chi connectivity index (χ4v) is 2.26. The number of hydrogen-bond donors (Lipinski definition) is 2. The fraction of sp³-hybridized carbons (Fsp3) is 0.263. The minimum atomic E-state index is -0.778. The van der Waals surface area contributed by atoms with Crippen LogP contribution in [-0.2, 0) is 9.59 Å². The van der Waals surface area contributed by atoms with Crippen LogP contribution in [0.4, 0.5) is 0 Å². The molecule has 0 heterocycles. The highest BCUT2D eigenvalue weighted by molar-refractivity contribution is 6.32. The zero-order chi connectivity index (χ0) is 19.1. The number of carbonyl (C=O) groups excluding carboxylic acids is 2. The Kier molecular flexibility index (Phi) is 6.86. The first-order chi connectivity index (χ1) is 12.4. The largest absolute Gasteiger partial charge is 0.482 e. The topological polar surface area (TPSA) is 76.7 Å². The molecule has 0 saturated heterocycles. The summed E-state index contributed by atoms with van der Waals surface area (Å²) in [6, 6.07) is 12.4. The van der Waals surface area contributed by atoms with Crippen molar-refractivity contribution >= 4 is 23.4 Å². The van der Waals surface area contributed by atoms with Crippen molar-refractivity contribution < 1.29 is 19.1 Å². The van der Waals surface area contributed by atoms with Crippen LogP contribution in [0.2, 0.25) is 5.02 Å². The second-order valence-corrected chi connectivity index (χ2v) is 6.12. The van der Waals surface area contributed by atoms with Gasteiger partial charge in [0.2, 0.25) is 0 Å². The second kappa shape index (κ2) is 9.10. The van der Waals surface area contributed by atoms with Gasteiger partial charge in [-0.05, 0) is 50.1 Å². The highest BCUT2D eigenvalue weighted by atomic mass is 35.5. The minimum Gasteiger partial charge on any atom is -0.482 e. The zero-order valence-corrected chi connectivity index (χ0v) is 15.6. The minimum absolute atomic E-state index is 0.282. The smallest absolute Gasteiger partial charge is 0.279 e. The Labute approximate surface area is 157 Å². The third-order valence-corrected chi connectivity index (χ3v) is 4.06. The molecule has 0 bridgehead atoms. The van der Waals surface area contributed by atoms with Crippen LogP contribution in [0.1, 0.15) is 18.1 Å². The van der Waals surface area contributed by atoms with E-state index in [2.05, 4.69) is 10.9 Å². The van der Waals surface area contributed by atoms with Crippen LogP contribution in [0, 0.1) is 13.8 Å². The summed E-state index contributed by atoms with van der Waals surface area (Å²) in [5, 5.41) is 0.403. The standard InChI is InChI=1S/C19H21ClN2O4/c1-12-7-6-10-16(13(12)2)26-14(3)19(24)22-21-18(23)11-25-17-9-5-4-8-15(17)20/h4-10,14H,11H2,1-3H3,(H,21,23)(H,22,24). The van der Waals surface area contributed by atoms with E-state index in [1.54, 1.807) is 37.3 Å². The second-order valence-electron chi connectivity index (χ2n) is 5.71. The van der Waals surface area contributed by atoms with E-state index >= 15 is 0 Å². The predicted octanol–water partition coefficient (Wildman–Crippen LogP) is 2.95. The van der Waals surface area contributed by atoms with Crippen molar-refractivity contribution in [2.75, 3.05) is 6.61 Å². The van der Waals surface area contributed by atoms with Gasteiger partial charge in [0.05, 0.1) is 5.02 Å². The number of benzene rings is 2. The van der Waals surface area contributed by atoms with Gasteiger partial charge in [0.15, 0.2) is 12.7 Å². The van der Waals surface area contributed by atoms with Crippen LogP contribution >= 0.6 is 11.6 Å². The summed E-state index contributed by atoms with van der Waals surface area (Å²) in [5.74, 6) is 0.0255. The molecule has 0 aliphatic rings. The molecule has 7 heteroatoms. The van der Waals surface area contributed by atoms with Crippen molar-refractivity contribution in [3.05, 3.63) is 58.6 Å². The molecule has 2 aromatic rings. The summed E-state index contributed by atoms with van der Waals surface area (Å²) < 4.78 is 10.9. The van der Waals surface area contributed by atoms with Gasteiger partial charge in [-0.2, -0.15) is 0 Å². The van der Waals surface area contributed by atoms with Crippen molar-refractivity contribution in [1.29, 1.82) is 0 Å². The average molecular weight is 377 g/mol. The molecule has 138 valence electrons. The molecule has 0 saturated carbocycles. The Morgan fingerprint density at radius 1 is 1.04 bits per heavy atom. The summed E-state index contributed by atoms with van der Waals surface area (Å²) >= 11 is 5.93. The molecule has 0 aliphatic heterocycles. The lowest BCUT2D eigenvalue weighted by molar-refractivity contribution is -0.133. The van der Waals surface area contributed by atoms with E-state index in [-0.39, 0.29) is 6.61 Å². The Morgan fingerprint density at radius 2 is 1.73 bits per heavy atom. The normalized spacial score (nSPS) is 11.4. The molecule has 0 spiro atoms. The van der Waals surface area contributed by atoms with E-state index in [1.807, 2.05) is 26.0 Å². The molecule has 2 aromatic carbocycles. The molecule has 1 unspecified atom stereocenters. The number of para-hydroxylation sites is 1. The first-order valence-corrected chi connectivity index (χ1v) is 8.45. The van der Waals surface area contributed by atoms with Crippen LogP contribution in [0.3, 0.4) is 0 Å². The Bertz CT molecular complexity index is 795. The number of aryl methyl sites for hydroxylation is 1. The fourth-order valence-electron chi connectivity index (χ4n) is 2.07. The number of halogens is 1. The molecule has 0 fully saturated rings. The number of ether oxygens (including phenoxy) is 2. The summed E-state index contributed by atoms with van der Waals surface area (Å²) in [7, 11) is 0. The molecular weight excluding hydrogens is 356 g/mol. The van der Waals surface area contributed by atoms with Gasteiger partial charge < -0.3 is 9.47 Å². The quantitative estimate of drug-likeness (QED) is 0.760. The summed E-state index contributed by atoms with van der Waals surface area (Å²) in [6.45, 7) is 5.20. The third-order valence-electron chi connectivity index (χ3n) is 3.75. The van der Waals surface area contributed by atoms with Crippen molar-refractivity contribution in [1.82, 2.24) is 10.9 Å². The van der Waals surface area contributed by atoms with Crippen LogP contribution in [0.5, 0.6) is 11.5 Å². The summed E-state index contributed by atoms with van der Waals surface area (Å²) in [6.07, 6.45) is -0.778. The van der Waals surface area contributed by atoms with Gasteiger partial charge in [0, 0.05) is 0 Å². The van der Waals surface area contributed by atoms with Gasteiger partial charge in [-0.1, -0.05) is 35.9 Å². The molecule has 0 aromatic heterocycles. The van der Waals surface area contributed by atoms with Gasteiger partial charge in [-0.25, -0.2) is 0 Å². The monoisotopic (exact) mass is 376 g/mol. The average Bonchev–Trinajstić information content (AvgIpc) is 2.62.